The standard InChI is InChI=1S/C14H15FN2O3S/c1-9(18)17-13(14(19)20)4-5-21-8-10-2-3-12(15)6-11(10)7-16/h2-3,6,13H,4-5,8H2,1H3,(H,17,18)(H,19,20). The molecule has 0 aromatic heterocycles. The molecule has 0 aliphatic carbocycles. The number of amides is 1. The number of thioether (sulfide) groups is 1. The van der Waals surface area contributed by atoms with Crippen LogP contribution >= 0.6 is 11.8 Å². The van der Waals surface area contributed by atoms with Gasteiger partial charge in [0.2, 0.25) is 5.91 Å². The van der Waals surface area contributed by atoms with Gasteiger partial charge in [0, 0.05) is 12.7 Å². The van der Waals surface area contributed by atoms with Crippen molar-refractivity contribution >= 4 is 23.6 Å². The fourth-order valence-electron chi connectivity index (χ4n) is 1.66. The third kappa shape index (κ3) is 5.83. The minimum Gasteiger partial charge on any atom is -0.480 e. The molecule has 0 radical (unpaired) electrons. The summed E-state index contributed by atoms with van der Waals surface area (Å²) in [6, 6.07) is 5.01. The Kier molecular flexibility index (Phi) is 6.69. The fourth-order valence-corrected chi connectivity index (χ4v) is 2.68. The summed E-state index contributed by atoms with van der Waals surface area (Å²) in [4.78, 5) is 21.8. The molecule has 0 fully saturated rings. The molecule has 0 saturated heterocycles. The first-order valence-corrected chi connectivity index (χ1v) is 7.35. The van der Waals surface area contributed by atoms with E-state index in [1.165, 1.54) is 30.8 Å². The maximum absolute atomic E-state index is 13.0. The Labute approximate surface area is 126 Å². The number of rotatable bonds is 7. The summed E-state index contributed by atoms with van der Waals surface area (Å²) in [5.74, 6) is -0.949. The summed E-state index contributed by atoms with van der Waals surface area (Å²) in [7, 11) is 0. The van der Waals surface area contributed by atoms with Crippen LogP contribution in [0.4, 0.5) is 4.39 Å². The van der Waals surface area contributed by atoms with Crippen molar-refractivity contribution in [1.82, 2.24) is 5.32 Å². The average Bonchev–Trinajstić information content (AvgIpc) is 2.42. The summed E-state index contributed by atoms with van der Waals surface area (Å²) in [5, 5.41) is 20.2. The van der Waals surface area contributed by atoms with Gasteiger partial charge in [-0.05, 0) is 29.9 Å². The molecule has 0 aliphatic heterocycles. The number of halogens is 1. The zero-order chi connectivity index (χ0) is 15.8. The van der Waals surface area contributed by atoms with Gasteiger partial charge in [0.25, 0.3) is 0 Å². The van der Waals surface area contributed by atoms with E-state index in [-0.39, 0.29) is 12.0 Å². The van der Waals surface area contributed by atoms with Crippen LogP contribution in [0.1, 0.15) is 24.5 Å². The number of nitriles is 1. The summed E-state index contributed by atoms with van der Waals surface area (Å²) >= 11 is 1.43. The van der Waals surface area contributed by atoms with E-state index in [9.17, 15) is 14.0 Å². The summed E-state index contributed by atoms with van der Waals surface area (Å²) in [6.45, 7) is 1.26. The maximum Gasteiger partial charge on any atom is 0.326 e. The molecule has 1 aromatic rings. The Morgan fingerprint density at radius 2 is 2.24 bits per heavy atom. The van der Waals surface area contributed by atoms with Crippen molar-refractivity contribution in [2.75, 3.05) is 5.75 Å². The highest BCUT2D eigenvalue weighted by atomic mass is 32.2. The largest absolute Gasteiger partial charge is 0.480 e. The molecule has 5 nitrogen and oxygen atoms in total. The first-order valence-electron chi connectivity index (χ1n) is 6.20. The van der Waals surface area contributed by atoms with E-state index >= 15 is 0 Å². The smallest absolute Gasteiger partial charge is 0.326 e. The number of nitrogens with one attached hydrogen (secondary N) is 1. The third-order valence-electron chi connectivity index (χ3n) is 2.68. The van der Waals surface area contributed by atoms with Crippen LogP contribution in [0.2, 0.25) is 0 Å². The second-order valence-electron chi connectivity index (χ2n) is 4.35. The molecule has 7 heteroatoms. The quantitative estimate of drug-likeness (QED) is 0.751. The summed E-state index contributed by atoms with van der Waals surface area (Å²) in [6.07, 6.45) is 0.280. The van der Waals surface area contributed by atoms with E-state index < -0.39 is 23.7 Å². The van der Waals surface area contributed by atoms with Crippen LogP contribution in [0.25, 0.3) is 0 Å². The molecule has 1 unspecified atom stereocenters. The molecule has 1 atom stereocenters. The Balaban J connectivity index is 2.48. The van der Waals surface area contributed by atoms with Gasteiger partial charge in [0.05, 0.1) is 11.6 Å². The highest BCUT2D eigenvalue weighted by Gasteiger charge is 2.17. The minimum absolute atomic E-state index is 0.277. The van der Waals surface area contributed by atoms with Gasteiger partial charge in [-0.25, -0.2) is 9.18 Å². The Bertz CT molecular complexity index is 572. The number of carboxylic acid groups (broad SMARTS) is 1. The topological polar surface area (TPSA) is 90.2 Å². The third-order valence-corrected chi connectivity index (χ3v) is 3.72. The fraction of sp³-hybridized carbons (Fsp3) is 0.357. The Morgan fingerprint density at radius 3 is 2.81 bits per heavy atom. The molecule has 1 rings (SSSR count). The van der Waals surface area contributed by atoms with Gasteiger partial charge in [0.15, 0.2) is 0 Å². The number of hydrogen-bond acceptors (Lipinski definition) is 4. The number of carbonyl (C=O) groups excluding carboxylic acids is 1. The SMILES string of the molecule is CC(=O)NC(CCSCc1ccc(F)cc1C#N)C(=O)O. The van der Waals surface area contributed by atoms with Crippen molar-refractivity contribution in [2.24, 2.45) is 0 Å². The van der Waals surface area contributed by atoms with Crippen molar-refractivity contribution in [2.45, 2.75) is 25.1 Å². The number of aliphatic carboxylic acids is 1. The number of nitrogens with zero attached hydrogens (tertiary/aromatic N) is 1. The second kappa shape index (κ2) is 8.27. The number of benzene rings is 1. The van der Waals surface area contributed by atoms with E-state index in [4.69, 9.17) is 10.4 Å². The normalized spacial score (nSPS) is 11.5. The zero-order valence-electron chi connectivity index (χ0n) is 11.4. The van der Waals surface area contributed by atoms with Crippen LogP contribution in [0.15, 0.2) is 18.2 Å². The lowest BCUT2D eigenvalue weighted by atomic mass is 10.1. The predicted octanol–water partition coefficient (Wildman–Crippen LogP) is 1.91. The first kappa shape index (κ1) is 17.0. The maximum atomic E-state index is 13.0. The monoisotopic (exact) mass is 310 g/mol. The van der Waals surface area contributed by atoms with E-state index in [1.54, 1.807) is 6.07 Å². The molecule has 1 amide bonds. The lowest BCUT2D eigenvalue weighted by Gasteiger charge is -2.12. The lowest BCUT2D eigenvalue weighted by Crippen LogP contribution is -2.39. The van der Waals surface area contributed by atoms with E-state index in [0.717, 1.165) is 0 Å². The molecule has 112 valence electrons. The van der Waals surface area contributed by atoms with Gasteiger partial charge in [-0.3, -0.25) is 4.79 Å². The van der Waals surface area contributed by atoms with Gasteiger partial charge < -0.3 is 10.4 Å². The Morgan fingerprint density at radius 1 is 1.52 bits per heavy atom. The molecule has 21 heavy (non-hydrogen) atoms. The van der Waals surface area contributed by atoms with Crippen LogP contribution in [0.5, 0.6) is 0 Å². The predicted molar refractivity (Wildman–Crippen MR) is 77.1 cm³/mol. The highest BCUT2D eigenvalue weighted by molar-refractivity contribution is 7.98. The molecule has 0 spiro atoms. The summed E-state index contributed by atoms with van der Waals surface area (Å²) in [5.41, 5.74) is 0.981. The molecule has 0 aliphatic rings. The number of carbonyl (C=O) groups is 2. The molecule has 1 aromatic carbocycles. The van der Waals surface area contributed by atoms with E-state index in [1.807, 2.05) is 6.07 Å². The van der Waals surface area contributed by atoms with E-state index in [2.05, 4.69) is 5.32 Å². The van der Waals surface area contributed by atoms with Crippen molar-refractivity contribution in [3.63, 3.8) is 0 Å². The van der Waals surface area contributed by atoms with Crippen LogP contribution in [0.3, 0.4) is 0 Å². The Hall–Kier alpha value is -2.07. The molecular weight excluding hydrogens is 295 g/mol. The van der Waals surface area contributed by atoms with Gasteiger partial charge in [-0.2, -0.15) is 17.0 Å². The van der Waals surface area contributed by atoms with Gasteiger partial charge in [-0.1, -0.05) is 6.07 Å². The molecular formula is C14H15FN2O3S. The first-order chi connectivity index (χ1) is 9.93. The van der Waals surface area contributed by atoms with Crippen molar-refractivity contribution in [1.29, 1.82) is 5.26 Å². The van der Waals surface area contributed by atoms with Gasteiger partial charge >= 0.3 is 5.97 Å². The average molecular weight is 310 g/mol. The van der Waals surface area contributed by atoms with Crippen molar-refractivity contribution < 1.29 is 19.1 Å². The molecule has 2 N–H and O–H groups in total. The molecule has 0 heterocycles. The summed E-state index contributed by atoms with van der Waals surface area (Å²) < 4.78 is 13.0. The highest BCUT2D eigenvalue weighted by Crippen LogP contribution is 2.18. The molecule has 0 bridgehead atoms. The minimum atomic E-state index is -1.08. The van der Waals surface area contributed by atoms with Gasteiger partial charge in [0.1, 0.15) is 11.9 Å². The van der Waals surface area contributed by atoms with Crippen LogP contribution in [0, 0.1) is 17.1 Å². The van der Waals surface area contributed by atoms with Crippen molar-refractivity contribution in [3.05, 3.63) is 35.1 Å². The van der Waals surface area contributed by atoms with Crippen LogP contribution in [-0.4, -0.2) is 28.8 Å². The van der Waals surface area contributed by atoms with Crippen molar-refractivity contribution in [3.8, 4) is 6.07 Å². The van der Waals surface area contributed by atoms with Gasteiger partial charge in [-0.15, -0.1) is 0 Å². The van der Waals surface area contributed by atoms with E-state index in [0.29, 0.717) is 17.1 Å². The zero-order valence-corrected chi connectivity index (χ0v) is 12.2. The number of hydrogen-bond donors (Lipinski definition) is 2. The van der Waals surface area contributed by atoms with Crippen LogP contribution in [-0.2, 0) is 15.3 Å². The lowest BCUT2D eigenvalue weighted by molar-refractivity contribution is -0.141. The van der Waals surface area contributed by atoms with Crippen LogP contribution < -0.4 is 5.32 Å². The molecule has 0 saturated carbocycles. The number of carboxylic acids is 1. The second-order valence-corrected chi connectivity index (χ2v) is 5.45.